The summed E-state index contributed by atoms with van der Waals surface area (Å²) in [7, 11) is 0. The van der Waals surface area contributed by atoms with E-state index in [9.17, 15) is 4.79 Å². The van der Waals surface area contributed by atoms with Crippen LogP contribution < -0.4 is 0 Å². The van der Waals surface area contributed by atoms with Crippen molar-refractivity contribution >= 4 is 5.91 Å². The summed E-state index contributed by atoms with van der Waals surface area (Å²) in [5, 5.41) is 0. The number of aromatic nitrogens is 3. The number of pyridine rings is 1. The first kappa shape index (κ1) is 15.7. The zero-order valence-corrected chi connectivity index (χ0v) is 13.4. The van der Waals surface area contributed by atoms with E-state index in [1.165, 1.54) is 0 Å². The summed E-state index contributed by atoms with van der Waals surface area (Å²) in [5.74, 6) is 0.779. The van der Waals surface area contributed by atoms with Gasteiger partial charge in [-0.05, 0) is 31.4 Å². The zero-order valence-electron chi connectivity index (χ0n) is 13.4. The van der Waals surface area contributed by atoms with E-state index in [1.807, 2.05) is 27.8 Å². The molecule has 0 radical (unpaired) electrons. The number of carbonyl (C=O) groups is 1. The van der Waals surface area contributed by atoms with Crippen molar-refractivity contribution in [2.45, 2.75) is 32.3 Å². The van der Waals surface area contributed by atoms with Crippen molar-refractivity contribution < 1.29 is 9.53 Å². The largest absolute Gasteiger partial charge is 0.376 e. The molecule has 0 saturated carbocycles. The SMILES string of the molecule is CCCOC1CCCN(C(=O)c2ccc(-n3ccnc3)nc2)C1. The van der Waals surface area contributed by atoms with Crippen LogP contribution in [0.25, 0.3) is 5.82 Å². The monoisotopic (exact) mass is 314 g/mol. The van der Waals surface area contributed by atoms with Gasteiger partial charge in [-0.15, -0.1) is 0 Å². The minimum Gasteiger partial charge on any atom is -0.376 e. The fourth-order valence-electron chi connectivity index (χ4n) is 2.79. The predicted molar refractivity (Wildman–Crippen MR) is 86.5 cm³/mol. The smallest absolute Gasteiger partial charge is 0.255 e. The van der Waals surface area contributed by atoms with Crippen LogP contribution in [0.15, 0.2) is 37.1 Å². The van der Waals surface area contributed by atoms with Crippen molar-refractivity contribution in [3.05, 3.63) is 42.6 Å². The number of hydrogen-bond acceptors (Lipinski definition) is 4. The molecule has 3 heterocycles. The summed E-state index contributed by atoms with van der Waals surface area (Å²) in [6.45, 7) is 4.31. The second-order valence-corrected chi connectivity index (χ2v) is 5.76. The van der Waals surface area contributed by atoms with Gasteiger partial charge in [-0.25, -0.2) is 9.97 Å². The van der Waals surface area contributed by atoms with Crippen molar-refractivity contribution in [2.75, 3.05) is 19.7 Å². The van der Waals surface area contributed by atoms with E-state index in [2.05, 4.69) is 16.9 Å². The zero-order chi connectivity index (χ0) is 16.1. The molecule has 1 unspecified atom stereocenters. The Labute approximate surface area is 136 Å². The standard InChI is InChI=1S/C17H22N4O2/c1-2-10-23-15-4-3-8-20(12-15)17(22)14-5-6-16(19-11-14)21-9-7-18-13-21/h5-7,9,11,13,15H,2-4,8,10,12H2,1H3. The molecule has 0 bridgehead atoms. The lowest BCUT2D eigenvalue weighted by Crippen LogP contribution is -2.43. The first-order chi connectivity index (χ1) is 11.3. The van der Waals surface area contributed by atoms with Crippen molar-refractivity contribution in [3.8, 4) is 5.82 Å². The number of carbonyl (C=O) groups excluding carboxylic acids is 1. The third-order valence-corrected chi connectivity index (χ3v) is 3.99. The highest BCUT2D eigenvalue weighted by Gasteiger charge is 2.25. The maximum Gasteiger partial charge on any atom is 0.255 e. The molecule has 1 fully saturated rings. The van der Waals surface area contributed by atoms with Gasteiger partial charge in [0.25, 0.3) is 5.91 Å². The molecule has 6 heteroatoms. The molecule has 2 aromatic rings. The van der Waals surface area contributed by atoms with Gasteiger partial charge < -0.3 is 9.64 Å². The molecule has 122 valence electrons. The van der Waals surface area contributed by atoms with Crippen LogP contribution in [0.3, 0.4) is 0 Å². The molecule has 1 amide bonds. The molecular formula is C17H22N4O2. The Kier molecular flexibility index (Phi) is 5.02. The second-order valence-electron chi connectivity index (χ2n) is 5.76. The summed E-state index contributed by atoms with van der Waals surface area (Å²) < 4.78 is 7.61. The Morgan fingerprint density at radius 2 is 2.35 bits per heavy atom. The molecule has 1 saturated heterocycles. The molecule has 2 aromatic heterocycles. The van der Waals surface area contributed by atoms with Gasteiger partial charge in [0, 0.05) is 38.3 Å². The van der Waals surface area contributed by atoms with Crippen LogP contribution in [0.5, 0.6) is 0 Å². The lowest BCUT2D eigenvalue weighted by atomic mass is 10.1. The summed E-state index contributed by atoms with van der Waals surface area (Å²) in [6.07, 6.45) is 10.0. The van der Waals surface area contributed by atoms with Gasteiger partial charge in [0.05, 0.1) is 11.7 Å². The Morgan fingerprint density at radius 1 is 1.43 bits per heavy atom. The normalized spacial score (nSPS) is 18.1. The van der Waals surface area contributed by atoms with Crippen molar-refractivity contribution in [2.24, 2.45) is 0 Å². The van der Waals surface area contributed by atoms with E-state index in [4.69, 9.17) is 4.74 Å². The molecule has 3 rings (SSSR count). The number of rotatable bonds is 5. The molecule has 0 aromatic carbocycles. The summed E-state index contributed by atoms with van der Waals surface area (Å²) >= 11 is 0. The van der Waals surface area contributed by atoms with Gasteiger partial charge in [-0.2, -0.15) is 0 Å². The Morgan fingerprint density at radius 3 is 3.04 bits per heavy atom. The molecular weight excluding hydrogens is 292 g/mol. The third kappa shape index (κ3) is 3.76. The van der Waals surface area contributed by atoms with Crippen LogP contribution in [0, 0.1) is 0 Å². The van der Waals surface area contributed by atoms with Crippen molar-refractivity contribution in [1.29, 1.82) is 0 Å². The molecule has 0 spiro atoms. The Bertz CT molecular complexity index is 625. The van der Waals surface area contributed by atoms with Crippen LogP contribution in [0.1, 0.15) is 36.5 Å². The number of piperidine rings is 1. The summed E-state index contributed by atoms with van der Waals surface area (Å²) in [6, 6.07) is 3.66. The van der Waals surface area contributed by atoms with Gasteiger partial charge in [-0.1, -0.05) is 6.92 Å². The fraction of sp³-hybridized carbons (Fsp3) is 0.471. The number of imidazole rings is 1. The fourth-order valence-corrected chi connectivity index (χ4v) is 2.79. The van der Waals surface area contributed by atoms with E-state index in [0.29, 0.717) is 12.1 Å². The summed E-state index contributed by atoms with van der Waals surface area (Å²) in [4.78, 5) is 22.8. The van der Waals surface area contributed by atoms with E-state index in [1.54, 1.807) is 18.7 Å². The predicted octanol–water partition coefficient (Wildman–Crippen LogP) is 2.30. The van der Waals surface area contributed by atoms with E-state index < -0.39 is 0 Å². The first-order valence-electron chi connectivity index (χ1n) is 8.13. The van der Waals surface area contributed by atoms with Gasteiger partial charge in [0.1, 0.15) is 12.1 Å². The molecule has 0 N–H and O–H groups in total. The van der Waals surface area contributed by atoms with Crippen LogP contribution >= 0.6 is 0 Å². The quantitative estimate of drug-likeness (QED) is 0.849. The van der Waals surface area contributed by atoms with E-state index >= 15 is 0 Å². The van der Waals surface area contributed by atoms with Gasteiger partial charge >= 0.3 is 0 Å². The number of ether oxygens (including phenoxy) is 1. The minimum absolute atomic E-state index is 0.0273. The van der Waals surface area contributed by atoms with Crippen LogP contribution in [-0.4, -0.2) is 51.1 Å². The van der Waals surface area contributed by atoms with Crippen LogP contribution in [-0.2, 0) is 4.74 Å². The minimum atomic E-state index is 0.0273. The van der Waals surface area contributed by atoms with Gasteiger partial charge in [-0.3, -0.25) is 9.36 Å². The van der Waals surface area contributed by atoms with Gasteiger partial charge in [0.2, 0.25) is 0 Å². The van der Waals surface area contributed by atoms with Crippen LogP contribution in [0.4, 0.5) is 0 Å². The molecule has 1 aliphatic heterocycles. The van der Waals surface area contributed by atoms with Crippen molar-refractivity contribution in [1.82, 2.24) is 19.4 Å². The molecule has 23 heavy (non-hydrogen) atoms. The number of amides is 1. The number of nitrogens with zero attached hydrogens (tertiary/aromatic N) is 4. The van der Waals surface area contributed by atoms with Crippen LogP contribution in [0.2, 0.25) is 0 Å². The van der Waals surface area contributed by atoms with Crippen molar-refractivity contribution in [3.63, 3.8) is 0 Å². The van der Waals surface area contributed by atoms with E-state index in [-0.39, 0.29) is 12.0 Å². The summed E-state index contributed by atoms with van der Waals surface area (Å²) in [5.41, 5.74) is 0.616. The number of hydrogen-bond donors (Lipinski definition) is 0. The highest BCUT2D eigenvalue weighted by molar-refractivity contribution is 5.94. The highest BCUT2D eigenvalue weighted by Crippen LogP contribution is 2.16. The highest BCUT2D eigenvalue weighted by atomic mass is 16.5. The topological polar surface area (TPSA) is 60.2 Å². The molecule has 1 atom stereocenters. The Hall–Kier alpha value is -2.21. The van der Waals surface area contributed by atoms with Gasteiger partial charge in [0.15, 0.2) is 0 Å². The molecule has 1 aliphatic rings. The first-order valence-corrected chi connectivity index (χ1v) is 8.13. The molecule has 6 nitrogen and oxygen atoms in total. The lowest BCUT2D eigenvalue weighted by Gasteiger charge is -2.32. The average molecular weight is 314 g/mol. The third-order valence-electron chi connectivity index (χ3n) is 3.99. The average Bonchev–Trinajstić information content (AvgIpc) is 3.14. The second kappa shape index (κ2) is 7.37. The van der Waals surface area contributed by atoms with E-state index in [0.717, 1.165) is 38.2 Å². The lowest BCUT2D eigenvalue weighted by molar-refractivity contribution is 0.00210. The molecule has 0 aliphatic carbocycles. The number of likely N-dealkylation sites (tertiary alicyclic amines) is 1. The Balaban J connectivity index is 1.65. The maximum atomic E-state index is 12.6. The maximum absolute atomic E-state index is 12.6.